The lowest BCUT2D eigenvalue weighted by molar-refractivity contribution is 0.0525. The number of pyridine rings is 1. The summed E-state index contributed by atoms with van der Waals surface area (Å²) in [5.41, 5.74) is 2.05. The fraction of sp³-hybridized carbons (Fsp3) is 0.211. The van der Waals surface area contributed by atoms with Crippen molar-refractivity contribution < 1.29 is 19.1 Å². The summed E-state index contributed by atoms with van der Waals surface area (Å²) in [6, 6.07) is 11.1. The van der Waals surface area contributed by atoms with Crippen LogP contribution in [0.5, 0.6) is 0 Å². The number of carbonyl (C=O) groups is 2. The lowest BCUT2D eigenvalue weighted by Crippen LogP contribution is -2.24. The molecule has 1 N–H and O–H groups in total. The molecule has 1 aromatic heterocycles. The molecule has 0 radical (unpaired) electrons. The molecular formula is C19H20N2O4. The molecule has 0 bridgehead atoms. The van der Waals surface area contributed by atoms with Gasteiger partial charge in [0, 0.05) is 18.9 Å². The van der Waals surface area contributed by atoms with E-state index in [0.717, 1.165) is 11.1 Å². The van der Waals surface area contributed by atoms with Crippen LogP contribution in [0, 0.1) is 0 Å². The molecule has 6 nitrogen and oxygen atoms in total. The van der Waals surface area contributed by atoms with Crippen LogP contribution in [0.25, 0.3) is 6.08 Å². The summed E-state index contributed by atoms with van der Waals surface area (Å²) in [5.74, 6) is -0.409. The van der Waals surface area contributed by atoms with Gasteiger partial charge in [-0.2, -0.15) is 0 Å². The Morgan fingerprint density at radius 2 is 1.96 bits per heavy atom. The third-order valence-corrected chi connectivity index (χ3v) is 3.16. The molecule has 1 aromatic carbocycles. The zero-order valence-corrected chi connectivity index (χ0v) is 14.0. The van der Waals surface area contributed by atoms with Gasteiger partial charge in [0.25, 0.3) is 0 Å². The van der Waals surface area contributed by atoms with Crippen LogP contribution < -0.4 is 5.32 Å². The second-order valence-corrected chi connectivity index (χ2v) is 5.07. The molecule has 0 unspecified atom stereocenters. The van der Waals surface area contributed by atoms with Crippen molar-refractivity contribution in [2.24, 2.45) is 0 Å². The van der Waals surface area contributed by atoms with E-state index in [9.17, 15) is 9.59 Å². The van der Waals surface area contributed by atoms with Crippen LogP contribution in [-0.4, -0.2) is 30.2 Å². The predicted molar refractivity (Wildman–Crippen MR) is 93.9 cm³/mol. The van der Waals surface area contributed by atoms with Gasteiger partial charge in [0.2, 0.25) is 0 Å². The number of alkyl carbamates (subject to hydrolysis) is 1. The number of hydrogen-bond acceptors (Lipinski definition) is 5. The Labute approximate surface area is 146 Å². The quantitative estimate of drug-likeness (QED) is 0.783. The Kier molecular flexibility index (Phi) is 7.18. The molecule has 0 saturated carbocycles. The van der Waals surface area contributed by atoms with Crippen LogP contribution in [0.3, 0.4) is 0 Å². The minimum atomic E-state index is -0.494. The van der Waals surface area contributed by atoms with E-state index in [0.29, 0.717) is 18.7 Å². The summed E-state index contributed by atoms with van der Waals surface area (Å²) in [6.45, 7) is 2.59. The molecule has 1 heterocycles. The highest BCUT2D eigenvalue weighted by atomic mass is 16.5. The summed E-state index contributed by atoms with van der Waals surface area (Å²) in [5, 5.41) is 2.62. The minimum Gasteiger partial charge on any atom is -0.462 e. The second-order valence-electron chi connectivity index (χ2n) is 5.07. The van der Waals surface area contributed by atoms with Crippen molar-refractivity contribution >= 4 is 18.1 Å². The van der Waals surface area contributed by atoms with Crippen LogP contribution in [0.1, 0.15) is 28.4 Å². The number of nitrogens with zero attached hydrogens (tertiary/aromatic N) is 1. The highest BCUT2D eigenvalue weighted by Crippen LogP contribution is 2.06. The van der Waals surface area contributed by atoms with Crippen LogP contribution >= 0.6 is 0 Å². The molecule has 25 heavy (non-hydrogen) atoms. The number of aromatic nitrogens is 1. The maximum atomic E-state index is 11.6. The van der Waals surface area contributed by atoms with E-state index in [4.69, 9.17) is 9.47 Å². The monoisotopic (exact) mass is 340 g/mol. The largest absolute Gasteiger partial charge is 0.462 e. The zero-order chi connectivity index (χ0) is 17.9. The SMILES string of the molecule is CCOC(=O)c1cncc(C=CCNC(=O)OCc2ccccc2)c1. The summed E-state index contributed by atoms with van der Waals surface area (Å²) >= 11 is 0. The minimum absolute atomic E-state index is 0.224. The number of amides is 1. The van der Waals surface area contributed by atoms with Gasteiger partial charge in [0.05, 0.1) is 12.2 Å². The number of ether oxygens (including phenoxy) is 2. The summed E-state index contributed by atoms with van der Waals surface area (Å²) in [4.78, 5) is 27.2. The van der Waals surface area contributed by atoms with Crippen molar-refractivity contribution in [3.05, 3.63) is 71.6 Å². The van der Waals surface area contributed by atoms with Crippen molar-refractivity contribution in [2.45, 2.75) is 13.5 Å². The highest BCUT2D eigenvalue weighted by molar-refractivity contribution is 5.89. The maximum absolute atomic E-state index is 11.6. The van der Waals surface area contributed by atoms with E-state index >= 15 is 0 Å². The maximum Gasteiger partial charge on any atom is 0.407 e. The zero-order valence-electron chi connectivity index (χ0n) is 14.0. The Morgan fingerprint density at radius 1 is 1.16 bits per heavy atom. The van der Waals surface area contributed by atoms with E-state index in [1.165, 1.54) is 6.20 Å². The standard InChI is InChI=1S/C19H20N2O4/c1-2-24-18(22)17-11-16(12-20-13-17)9-6-10-21-19(23)25-14-15-7-4-3-5-8-15/h3-9,11-13H,2,10,14H2,1H3,(H,21,23). The number of hydrogen-bond donors (Lipinski definition) is 1. The van der Waals surface area contributed by atoms with E-state index in [1.54, 1.807) is 31.3 Å². The second kappa shape index (κ2) is 9.87. The van der Waals surface area contributed by atoms with Gasteiger partial charge in [-0.15, -0.1) is 0 Å². The van der Waals surface area contributed by atoms with Gasteiger partial charge >= 0.3 is 12.1 Å². The fourth-order valence-electron chi connectivity index (χ4n) is 1.99. The Bertz CT molecular complexity index is 729. The third kappa shape index (κ3) is 6.47. The number of carbonyl (C=O) groups excluding carboxylic acids is 2. The van der Waals surface area contributed by atoms with Crippen molar-refractivity contribution in [3.8, 4) is 0 Å². The number of nitrogens with one attached hydrogen (secondary N) is 1. The molecule has 0 fully saturated rings. The molecule has 1 amide bonds. The normalized spacial score (nSPS) is 10.4. The highest BCUT2D eigenvalue weighted by Gasteiger charge is 2.06. The van der Waals surface area contributed by atoms with E-state index in [2.05, 4.69) is 10.3 Å². The average molecular weight is 340 g/mol. The van der Waals surface area contributed by atoms with E-state index < -0.39 is 12.1 Å². The van der Waals surface area contributed by atoms with Gasteiger partial charge in [0.1, 0.15) is 6.61 Å². The van der Waals surface area contributed by atoms with Crippen LogP contribution in [0.2, 0.25) is 0 Å². The number of rotatable bonds is 7. The molecule has 0 aliphatic rings. The summed E-state index contributed by atoms with van der Waals surface area (Å²) in [7, 11) is 0. The Hall–Kier alpha value is -3.15. The molecule has 0 atom stereocenters. The van der Waals surface area contributed by atoms with Crippen molar-refractivity contribution in [3.63, 3.8) is 0 Å². The first-order valence-corrected chi connectivity index (χ1v) is 7.92. The summed E-state index contributed by atoms with van der Waals surface area (Å²) < 4.78 is 10.0. The predicted octanol–water partition coefficient (Wildman–Crippen LogP) is 3.20. The van der Waals surface area contributed by atoms with Crippen molar-refractivity contribution in [2.75, 3.05) is 13.2 Å². The molecule has 0 spiro atoms. The van der Waals surface area contributed by atoms with Gasteiger partial charge in [-0.3, -0.25) is 4.98 Å². The van der Waals surface area contributed by atoms with Crippen LogP contribution in [0.4, 0.5) is 4.79 Å². The molecule has 0 aliphatic carbocycles. The number of esters is 1. The molecule has 2 aromatic rings. The number of benzene rings is 1. The lowest BCUT2D eigenvalue weighted by Gasteiger charge is -2.05. The fourth-order valence-corrected chi connectivity index (χ4v) is 1.99. The molecule has 0 saturated heterocycles. The lowest BCUT2D eigenvalue weighted by atomic mass is 10.2. The van der Waals surface area contributed by atoms with Crippen LogP contribution in [-0.2, 0) is 16.1 Å². The molecule has 6 heteroatoms. The van der Waals surface area contributed by atoms with E-state index in [1.807, 2.05) is 30.3 Å². The first-order chi connectivity index (χ1) is 12.2. The molecule has 2 rings (SSSR count). The Morgan fingerprint density at radius 3 is 2.72 bits per heavy atom. The smallest absolute Gasteiger partial charge is 0.407 e. The van der Waals surface area contributed by atoms with Gasteiger partial charge in [0.15, 0.2) is 0 Å². The van der Waals surface area contributed by atoms with E-state index in [-0.39, 0.29) is 6.61 Å². The van der Waals surface area contributed by atoms with Gasteiger partial charge in [-0.25, -0.2) is 9.59 Å². The average Bonchev–Trinajstić information content (AvgIpc) is 2.65. The topological polar surface area (TPSA) is 77.5 Å². The van der Waals surface area contributed by atoms with Crippen molar-refractivity contribution in [1.29, 1.82) is 0 Å². The Balaban J connectivity index is 1.76. The van der Waals surface area contributed by atoms with Gasteiger partial charge in [-0.1, -0.05) is 42.5 Å². The van der Waals surface area contributed by atoms with Crippen molar-refractivity contribution in [1.82, 2.24) is 10.3 Å². The van der Waals surface area contributed by atoms with Gasteiger partial charge in [-0.05, 0) is 24.1 Å². The first-order valence-electron chi connectivity index (χ1n) is 7.92. The van der Waals surface area contributed by atoms with Gasteiger partial charge < -0.3 is 14.8 Å². The first kappa shape index (κ1) is 18.2. The van der Waals surface area contributed by atoms with Crippen LogP contribution in [0.15, 0.2) is 54.9 Å². The third-order valence-electron chi connectivity index (χ3n) is 3.16. The molecule has 130 valence electrons. The summed E-state index contributed by atoms with van der Waals surface area (Å²) in [6.07, 6.45) is 6.08. The molecular weight excluding hydrogens is 320 g/mol. The molecule has 0 aliphatic heterocycles.